The van der Waals surface area contributed by atoms with Crippen LogP contribution in [-0.4, -0.2) is 27.6 Å². The van der Waals surface area contributed by atoms with Crippen LogP contribution < -0.4 is 17.0 Å². The number of hydrogen-bond acceptors (Lipinski definition) is 7. The quantitative estimate of drug-likeness (QED) is 0.185. The lowest BCUT2D eigenvalue weighted by Crippen LogP contribution is -2.45. The fraction of sp³-hybridized carbons (Fsp3) is 0.619. The minimum Gasteiger partial charge on any atom is -0.388 e. The monoisotopic (exact) mass is 417 g/mol. The number of hydrazone groups is 1. The molecule has 166 valence electrons. The molecule has 0 aliphatic heterocycles. The Bertz CT molecular complexity index is 730. The van der Waals surface area contributed by atoms with Gasteiger partial charge in [0.05, 0.1) is 5.69 Å². The minimum absolute atomic E-state index is 0.0260. The number of hydrogen-bond donors (Lipinski definition) is 3. The minimum atomic E-state index is -0.0260. The van der Waals surface area contributed by atoms with Gasteiger partial charge in [0.1, 0.15) is 11.7 Å². The van der Waals surface area contributed by atoms with E-state index in [9.17, 15) is 4.79 Å². The number of unbranched alkanes of at least 4 members (excludes halogenated alkanes) is 2. The average Bonchev–Trinajstić information content (AvgIpc) is 2.77. The first-order valence-electron chi connectivity index (χ1n) is 10.8. The Labute approximate surface area is 178 Å². The van der Waals surface area contributed by atoms with Gasteiger partial charge in [-0.05, 0) is 38.3 Å². The molecule has 0 spiro atoms. The molecule has 0 unspecified atom stereocenters. The van der Waals surface area contributed by atoms with Crippen molar-refractivity contribution in [3.63, 3.8) is 0 Å². The lowest BCUT2D eigenvalue weighted by Gasteiger charge is -2.28. The molecule has 0 bridgehead atoms. The van der Waals surface area contributed by atoms with E-state index < -0.39 is 0 Å². The molecule has 0 radical (unpaired) electrons. The molecule has 0 saturated heterocycles. The van der Waals surface area contributed by atoms with Gasteiger partial charge in [0.2, 0.25) is 5.91 Å². The molecule has 30 heavy (non-hydrogen) atoms. The summed E-state index contributed by atoms with van der Waals surface area (Å²) in [6, 6.07) is 5.43. The number of carbonyl (C=O) groups excluding carboxylic acids is 1. The van der Waals surface area contributed by atoms with Gasteiger partial charge in [-0.2, -0.15) is 5.10 Å². The van der Waals surface area contributed by atoms with E-state index in [2.05, 4.69) is 27.5 Å². The van der Waals surface area contributed by atoms with E-state index in [-0.39, 0.29) is 18.4 Å². The maximum atomic E-state index is 12.0. The van der Waals surface area contributed by atoms with E-state index in [1.807, 2.05) is 12.1 Å². The highest BCUT2D eigenvalue weighted by molar-refractivity contribution is 5.99. The van der Waals surface area contributed by atoms with Crippen molar-refractivity contribution < 1.29 is 9.63 Å². The van der Waals surface area contributed by atoms with Crippen molar-refractivity contribution >= 4 is 23.4 Å². The number of hydrazine groups is 1. The van der Waals surface area contributed by atoms with Crippen LogP contribution >= 0.6 is 0 Å². The van der Waals surface area contributed by atoms with Crippen LogP contribution in [0.15, 0.2) is 28.5 Å². The Kier molecular flexibility index (Phi) is 10.1. The molecule has 1 fully saturated rings. The number of pyridine rings is 1. The topological polar surface area (TPSA) is 131 Å². The third-order valence-electron chi connectivity index (χ3n) is 5.20. The van der Waals surface area contributed by atoms with Crippen molar-refractivity contribution in [3.05, 3.63) is 23.9 Å². The summed E-state index contributed by atoms with van der Waals surface area (Å²) in [7, 11) is 0. The highest BCUT2D eigenvalue weighted by Crippen LogP contribution is 2.26. The molecule has 0 aromatic carbocycles. The van der Waals surface area contributed by atoms with Crippen molar-refractivity contribution in [3.8, 4) is 0 Å². The van der Waals surface area contributed by atoms with Gasteiger partial charge in [0.25, 0.3) is 0 Å². The Morgan fingerprint density at radius 3 is 2.77 bits per heavy atom. The maximum absolute atomic E-state index is 12.0. The van der Waals surface area contributed by atoms with Crippen molar-refractivity contribution in [2.24, 2.45) is 27.9 Å². The Hall–Kier alpha value is -2.68. The molecule has 1 aromatic rings. The molecule has 1 amide bonds. The molecule has 1 aliphatic rings. The number of anilines is 1. The summed E-state index contributed by atoms with van der Waals surface area (Å²) in [5.74, 6) is 13.3. The van der Waals surface area contributed by atoms with Gasteiger partial charge in [-0.3, -0.25) is 4.79 Å². The number of rotatable bonds is 9. The number of nitrogens with one attached hydrogen (secondary N) is 1. The molecule has 9 heteroatoms. The highest BCUT2D eigenvalue weighted by atomic mass is 16.6. The van der Waals surface area contributed by atoms with Gasteiger partial charge in [0, 0.05) is 12.3 Å². The molecule has 2 rings (SSSR count). The molecule has 1 saturated carbocycles. The molecule has 1 heterocycles. The summed E-state index contributed by atoms with van der Waals surface area (Å²) in [4.78, 5) is 22.0. The lowest BCUT2D eigenvalue weighted by molar-refractivity contribution is -0.116. The number of amidine groups is 2. The smallest absolute Gasteiger partial charge is 0.225 e. The number of nitrogens with zero attached hydrogens (tertiary/aromatic N) is 4. The van der Waals surface area contributed by atoms with Gasteiger partial charge in [-0.25, -0.2) is 15.8 Å². The maximum Gasteiger partial charge on any atom is 0.225 e. The summed E-state index contributed by atoms with van der Waals surface area (Å²) in [5.41, 5.74) is 0.667. The second-order valence-corrected chi connectivity index (χ2v) is 7.62. The largest absolute Gasteiger partial charge is 0.388 e. The molecule has 0 atom stereocenters. The van der Waals surface area contributed by atoms with E-state index in [1.54, 1.807) is 13.0 Å². The third kappa shape index (κ3) is 7.62. The Balaban J connectivity index is 1.99. The highest BCUT2D eigenvalue weighted by Gasteiger charge is 2.25. The summed E-state index contributed by atoms with van der Waals surface area (Å²) in [6.45, 7) is 4.01. The van der Waals surface area contributed by atoms with Crippen LogP contribution in [0.25, 0.3) is 0 Å². The summed E-state index contributed by atoms with van der Waals surface area (Å²) >= 11 is 0. The molecule has 1 aromatic heterocycles. The first kappa shape index (κ1) is 23.6. The van der Waals surface area contributed by atoms with Crippen LogP contribution in [0, 0.1) is 5.92 Å². The molecular formula is C21H35N7O2. The van der Waals surface area contributed by atoms with Crippen molar-refractivity contribution in [2.45, 2.75) is 78.2 Å². The molecule has 5 N–H and O–H groups in total. The standard InChI is InChI=1S/C21H35N7O2/c1-3-4-6-14-20(29)25-19-13-9-12-18(24-19)15-30-27-21(28(23)16(2)26-22)17-10-7-5-8-11-17/h9,12-13,17H,3-8,10-11,14-15,22-23H2,1-2H3,(H,24,25,29)/b26-16-,27-21+. The molecule has 1 aliphatic carbocycles. The molecular weight excluding hydrogens is 382 g/mol. The second kappa shape index (κ2) is 12.8. The first-order chi connectivity index (χ1) is 14.5. The van der Waals surface area contributed by atoms with Crippen molar-refractivity contribution in [1.29, 1.82) is 0 Å². The van der Waals surface area contributed by atoms with Gasteiger partial charge in [-0.1, -0.05) is 50.2 Å². The van der Waals surface area contributed by atoms with E-state index in [0.717, 1.165) is 44.9 Å². The first-order valence-corrected chi connectivity index (χ1v) is 10.8. The fourth-order valence-electron chi connectivity index (χ4n) is 3.44. The lowest BCUT2D eigenvalue weighted by atomic mass is 9.88. The zero-order valence-electron chi connectivity index (χ0n) is 18.1. The van der Waals surface area contributed by atoms with E-state index in [4.69, 9.17) is 16.5 Å². The van der Waals surface area contributed by atoms with Crippen LogP contribution in [0.1, 0.15) is 77.3 Å². The van der Waals surface area contributed by atoms with Crippen molar-refractivity contribution in [2.75, 3.05) is 5.32 Å². The summed E-state index contributed by atoms with van der Waals surface area (Å²) in [6.07, 6.45) is 9.01. The van der Waals surface area contributed by atoms with Crippen LogP contribution in [0.5, 0.6) is 0 Å². The second-order valence-electron chi connectivity index (χ2n) is 7.62. The van der Waals surface area contributed by atoms with Crippen LogP contribution in [0.4, 0.5) is 5.82 Å². The van der Waals surface area contributed by atoms with Crippen LogP contribution in [-0.2, 0) is 16.2 Å². The summed E-state index contributed by atoms with van der Waals surface area (Å²) < 4.78 is 0. The van der Waals surface area contributed by atoms with Gasteiger partial charge in [-0.15, -0.1) is 0 Å². The predicted molar refractivity (Wildman–Crippen MR) is 119 cm³/mol. The third-order valence-corrected chi connectivity index (χ3v) is 5.20. The number of amides is 1. The number of oxime groups is 1. The van der Waals surface area contributed by atoms with Gasteiger partial charge >= 0.3 is 0 Å². The SMILES string of the molecule is CCCCCC(=O)Nc1cccc(CO/N=C(\C2CCCCC2)N(N)/C(C)=N\N)n1. The summed E-state index contributed by atoms with van der Waals surface area (Å²) in [5, 5.41) is 12.2. The van der Waals surface area contributed by atoms with E-state index >= 15 is 0 Å². The Morgan fingerprint density at radius 1 is 1.30 bits per heavy atom. The zero-order chi connectivity index (χ0) is 21.8. The predicted octanol–water partition coefficient (Wildman–Crippen LogP) is 3.48. The average molecular weight is 418 g/mol. The normalized spacial score (nSPS) is 15.7. The van der Waals surface area contributed by atoms with Gasteiger partial charge in [0.15, 0.2) is 12.4 Å². The van der Waals surface area contributed by atoms with E-state index in [0.29, 0.717) is 29.6 Å². The molecule has 9 nitrogen and oxygen atoms in total. The Morgan fingerprint density at radius 2 is 2.07 bits per heavy atom. The van der Waals surface area contributed by atoms with E-state index in [1.165, 1.54) is 11.4 Å². The zero-order valence-corrected chi connectivity index (χ0v) is 18.1. The number of aromatic nitrogens is 1. The number of nitrogens with two attached hydrogens (primary N) is 2. The van der Waals surface area contributed by atoms with Crippen LogP contribution in [0.3, 0.4) is 0 Å². The van der Waals surface area contributed by atoms with Gasteiger partial charge < -0.3 is 16.0 Å². The number of carbonyl (C=O) groups is 1. The van der Waals surface area contributed by atoms with Crippen molar-refractivity contribution in [1.82, 2.24) is 9.99 Å². The van der Waals surface area contributed by atoms with Crippen LogP contribution in [0.2, 0.25) is 0 Å². The fourth-order valence-corrected chi connectivity index (χ4v) is 3.44.